The van der Waals surface area contributed by atoms with Crippen LogP contribution in [0.2, 0.25) is 5.02 Å². The molecule has 106 valence electrons. The van der Waals surface area contributed by atoms with E-state index in [1.54, 1.807) is 12.1 Å². The predicted molar refractivity (Wildman–Crippen MR) is 78.9 cm³/mol. The zero-order valence-electron chi connectivity index (χ0n) is 12.0. The Kier molecular flexibility index (Phi) is 5.32. The van der Waals surface area contributed by atoms with Crippen molar-refractivity contribution in [1.29, 1.82) is 0 Å². The second kappa shape index (κ2) is 6.35. The number of hydrogen-bond acceptors (Lipinski definition) is 3. The lowest BCUT2D eigenvalue weighted by atomic mass is 9.81. The second-order valence-corrected chi connectivity index (χ2v) is 5.67. The van der Waals surface area contributed by atoms with Gasteiger partial charge in [-0.3, -0.25) is 10.1 Å². The van der Waals surface area contributed by atoms with Crippen LogP contribution in [0.3, 0.4) is 0 Å². The molecule has 4 nitrogen and oxygen atoms in total. The lowest BCUT2D eigenvalue weighted by Gasteiger charge is -2.29. The average Bonchev–Trinajstić information content (AvgIpc) is 2.32. The highest BCUT2D eigenvalue weighted by atomic mass is 35.5. The maximum atomic E-state index is 10.9. The second-order valence-electron chi connectivity index (χ2n) is 5.26. The van der Waals surface area contributed by atoms with E-state index in [1.165, 1.54) is 0 Å². The van der Waals surface area contributed by atoms with Gasteiger partial charge in [0.05, 0.1) is 4.92 Å². The fraction of sp³-hybridized carbons (Fsp3) is 0.571. The van der Waals surface area contributed by atoms with Crippen LogP contribution in [0, 0.1) is 23.0 Å². The Labute approximate surface area is 119 Å². The molecule has 0 radical (unpaired) electrons. The Hall–Kier alpha value is -1.13. The first-order valence-corrected chi connectivity index (χ1v) is 6.79. The van der Waals surface area contributed by atoms with Gasteiger partial charge < -0.3 is 5.32 Å². The number of benzene rings is 1. The van der Waals surface area contributed by atoms with E-state index in [4.69, 9.17) is 11.6 Å². The molecule has 2 unspecified atom stereocenters. The van der Waals surface area contributed by atoms with Crippen molar-refractivity contribution in [2.75, 3.05) is 7.05 Å². The Balaban J connectivity index is 3.33. The topological polar surface area (TPSA) is 55.2 Å². The van der Waals surface area contributed by atoms with Gasteiger partial charge in [0.1, 0.15) is 5.02 Å². The molecular weight excluding hydrogens is 264 g/mol. The highest BCUT2D eigenvalue weighted by Crippen LogP contribution is 2.36. The molecular formula is C14H21ClN2O2. The quantitative estimate of drug-likeness (QED) is 0.659. The lowest BCUT2D eigenvalue weighted by Crippen LogP contribution is -2.32. The fourth-order valence-electron chi connectivity index (χ4n) is 2.57. The summed E-state index contributed by atoms with van der Waals surface area (Å²) in [7, 11) is 1.92. The van der Waals surface area contributed by atoms with Crippen LogP contribution in [0.5, 0.6) is 0 Å². The number of nitrogens with one attached hydrogen (secondary N) is 1. The van der Waals surface area contributed by atoms with E-state index >= 15 is 0 Å². The van der Waals surface area contributed by atoms with E-state index in [2.05, 4.69) is 26.1 Å². The van der Waals surface area contributed by atoms with Crippen LogP contribution in [0.1, 0.15) is 37.8 Å². The number of likely N-dealkylation sites (N-methyl/N-ethyl adjacent to an activating group) is 1. The molecule has 0 heterocycles. The molecule has 0 bridgehead atoms. The zero-order chi connectivity index (χ0) is 14.7. The van der Waals surface area contributed by atoms with Crippen molar-refractivity contribution in [2.24, 2.45) is 5.92 Å². The summed E-state index contributed by atoms with van der Waals surface area (Å²) < 4.78 is 0. The molecule has 1 aromatic carbocycles. The predicted octanol–water partition coefficient (Wildman–Crippen LogP) is 3.90. The maximum absolute atomic E-state index is 10.9. The van der Waals surface area contributed by atoms with Crippen LogP contribution in [-0.2, 0) is 0 Å². The van der Waals surface area contributed by atoms with Gasteiger partial charge in [-0.05, 0) is 44.0 Å². The minimum Gasteiger partial charge on any atom is -0.317 e. The highest BCUT2D eigenvalue weighted by molar-refractivity contribution is 6.32. The van der Waals surface area contributed by atoms with Gasteiger partial charge in [-0.25, -0.2) is 0 Å². The van der Waals surface area contributed by atoms with E-state index < -0.39 is 4.92 Å². The molecule has 0 fully saturated rings. The summed E-state index contributed by atoms with van der Waals surface area (Å²) in [6.45, 7) is 8.30. The molecule has 19 heavy (non-hydrogen) atoms. The van der Waals surface area contributed by atoms with Crippen LogP contribution in [0.25, 0.3) is 0 Å². The molecule has 1 N–H and O–H groups in total. The third-order valence-corrected chi connectivity index (χ3v) is 3.91. The van der Waals surface area contributed by atoms with Crippen LogP contribution in [-0.4, -0.2) is 18.0 Å². The van der Waals surface area contributed by atoms with Crippen molar-refractivity contribution in [3.05, 3.63) is 38.4 Å². The number of hydrogen-bond donors (Lipinski definition) is 1. The van der Waals surface area contributed by atoms with Crippen LogP contribution in [0.15, 0.2) is 12.1 Å². The molecule has 0 amide bonds. The number of nitro groups is 1. The van der Waals surface area contributed by atoms with Gasteiger partial charge in [-0.2, -0.15) is 0 Å². The number of halogens is 1. The van der Waals surface area contributed by atoms with Gasteiger partial charge in [-0.15, -0.1) is 0 Å². The maximum Gasteiger partial charge on any atom is 0.288 e. The number of nitro benzene ring substituents is 1. The normalized spacial score (nSPS) is 14.5. The first-order valence-electron chi connectivity index (χ1n) is 6.41. The Morgan fingerprint density at radius 2 is 1.89 bits per heavy atom. The summed E-state index contributed by atoms with van der Waals surface area (Å²) in [5.74, 6) is 0.682. The Morgan fingerprint density at radius 3 is 2.32 bits per heavy atom. The smallest absolute Gasteiger partial charge is 0.288 e. The fourth-order valence-corrected chi connectivity index (χ4v) is 2.81. The molecule has 0 aliphatic carbocycles. The van der Waals surface area contributed by atoms with E-state index in [-0.39, 0.29) is 22.7 Å². The molecule has 5 heteroatoms. The third kappa shape index (κ3) is 3.45. The van der Waals surface area contributed by atoms with Crippen LogP contribution < -0.4 is 5.32 Å². The van der Waals surface area contributed by atoms with Crippen LogP contribution in [0.4, 0.5) is 5.69 Å². The number of rotatable bonds is 5. The third-order valence-electron chi connectivity index (χ3n) is 3.60. The molecule has 0 aliphatic heterocycles. The first kappa shape index (κ1) is 15.9. The summed E-state index contributed by atoms with van der Waals surface area (Å²) in [6.07, 6.45) is 0. The van der Waals surface area contributed by atoms with Gasteiger partial charge in [0.15, 0.2) is 0 Å². The molecule has 0 saturated carbocycles. The number of nitrogens with zero attached hydrogens (tertiary/aromatic N) is 1. The summed E-state index contributed by atoms with van der Waals surface area (Å²) >= 11 is 6.03. The summed E-state index contributed by atoms with van der Waals surface area (Å²) in [5.41, 5.74) is 1.96. The standard InChI is InChI=1S/C14H21ClN2O2/c1-8(2)14(10(4)16-5)11-7-12(15)13(17(18)19)6-9(11)3/h6-8,10,14,16H,1-5H3. The monoisotopic (exact) mass is 284 g/mol. The molecule has 2 atom stereocenters. The van der Waals surface area contributed by atoms with E-state index in [1.807, 2.05) is 14.0 Å². The van der Waals surface area contributed by atoms with Gasteiger partial charge >= 0.3 is 0 Å². The SMILES string of the molecule is CNC(C)C(c1cc(Cl)c([N+](=O)[O-])cc1C)C(C)C. The molecule has 0 aromatic heterocycles. The average molecular weight is 285 g/mol. The minimum absolute atomic E-state index is 0.0254. The minimum atomic E-state index is -0.439. The number of aryl methyl sites for hydroxylation is 1. The van der Waals surface area contributed by atoms with Crippen molar-refractivity contribution in [2.45, 2.75) is 39.7 Å². The summed E-state index contributed by atoms with van der Waals surface area (Å²) in [4.78, 5) is 10.4. The molecule has 0 aliphatic rings. The Bertz CT molecular complexity index is 475. The molecule has 0 saturated heterocycles. The first-order chi connectivity index (χ1) is 8.79. The summed E-state index contributed by atoms with van der Waals surface area (Å²) in [6, 6.07) is 3.58. The van der Waals surface area contributed by atoms with Crippen molar-refractivity contribution < 1.29 is 4.92 Å². The van der Waals surface area contributed by atoms with Crippen molar-refractivity contribution >= 4 is 17.3 Å². The van der Waals surface area contributed by atoms with E-state index in [9.17, 15) is 10.1 Å². The molecule has 1 rings (SSSR count). The largest absolute Gasteiger partial charge is 0.317 e. The van der Waals surface area contributed by atoms with Crippen molar-refractivity contribution in [3.8, 4) is 0 Å². The lowest BCUT2D eigenvalue weighted by molar-refractivity contribution is -0.384. The highest BCUT2D eigenvalue weighted by Gasteiger charge is 2.26. The van der Waals surface area contributed by atoms with Crippen molar-refractivity contribution in [1.82, 2.24) is 5.32 Å². The van der Waals surface area contributed by atoms with E-state index in [0.29, 0.717) is 5.92 Å². The summed E-state index contributed by atoms with van der Waals surface area (Å²) in [5, 5.41) is 14.3. The van der Waals surface area contributed by atoms with Gasteiger partial charge in [-0.1, -0.05) is 25.4 Å². The van der Waals surface area contributed by atoms with Crippen molar-refractivity contribution in [3.63, 3.8) is 0 Å². The molecule has 0 spiro atoms. The van der Waals surface area contributed by atoms with Gasteiger partial charge in [0.25, 0.3) is 5.69 Å². The van der Waals surface area contributed by atoms with Crippen LogP contribution >= 0.6 is 11.6 Å². The van der Waals surface area contributed by atoms with Gasteiger partial charge in [0, 0.05) is 18.0 Å². The van der Waals surface area contributed by atoms with E-state index in [0.717, 1.165) is 11.1 Å². The zero-order valence-corrected chi connectivity index (χ0v) is 12.8. The Morgan fingerprint density at radius 1 is 1.32 bits per heavy atom. The van der Waals surface area contributed by atoms with Gasteiger partial charge in [0.2, 0.25) is 0 Å². The molecule has 1 aromatic rings.